The lowest BCUT2D eigenvalue weighted by Crippen LogP contribution is -2.33. The number of benzene rings is 1. The second kappa shape index (κ2) is 5.60. The van der Waals surface area contributed by atoms with E-state index in [2.05, 4.69) is 4.98 Å². The number of pyridine rings is 1. The van der Waals surface area contributed by atoms with Crippen molar-refractivity contribution in [2.24, 2.45) is 0 Å². The number of hydrogen-bond donors (Lipinski definition) is 0. The van der Waals surface area contributed by atoms with Crippen molar-refractivity contribution in [3.63, 3.8) is 0 Å². The fourth-order valence-corrected chi connectivity index (χ4v) is 2.24. The standard InChI is InChI=1S/C16H14F2N2O/c17-13-4-3-5-14(18)12(13)10-20(11-7-8-11)16(21)15-6-1-2-9-19-15/h1-6,9,11H,7-8,10H2. The fraction of sp³-hybridized carbons (Fsp3) is 0.250. The summed E-state index contributed by atoms with van der Waals surface area (Å²) in [5.74, 6) is -1.55. The molecule has 3 rings (SSSR count). The second-order valence-corrected chi connectivity index (χ2v) is 5.08. The molecule has 1 aromatic heterocycles. The average molecular weight is 288 g/mol. The van der Waals surface area contributed by atoms with Gasteiger partial charge in [-0.05, 0) is 37.1 Å². The van der Waals surface area contributed by atoms with Crippen LogP contribution in [0.25, 0.3) is 0 Å². The molecule has 0 N–H and O–H groups in total. The van der Waals surface area contributed by atoms with E-state index in [9.17, 15) is 13.6 Å². The molecule has 0 aliphatic heterocycles. The Morgan fingerprint density at radius 2 is 1.86 bits per heavy atom. The molecule has 3 nitrogen and oxygen atoms in total. The molecule has 0 atom stereocenters. The van der Waals surface area contributed by atoms with E-state index in [0.717, 1.165) is 12.8 Å². The summed E-state index contributed by atoms with van der Waals surface area (Å²) >= 11 is 0. The summed E-state index contributed by atoms with van der Waals surface area (Å²) in [6.45, 7) is -0.0709. The maximum atomic E-state index is 13.8. The molecule has 5 heteroatoms. The minimum atomic E-state index is -0.630. The highest BCUT2D eigenvalue weighted by molar-refractivity contribution is 5.92. The van der Waals surface area contributed by atoms with Gasteiger partial charge in [0.2, 0.25) is 0 Å². The molecule has 1 amide bonds. The number of carbonyl (C=O) groups excluding carboxylic acids is 1. The first-order valence-corrected chi connectivity index (χ1v) is 6.81. The molecular formula is C16H14F2N2O. The van der Waals surface area contributed by atoms with Crippen molar-refractivity contribution in [3.8, 4) is 0 Å². The zero-order valence-electron chi connectivity index (χ0n) is 11.3. The summed E-state index contributed by atoms with van der Waals surface area (Å²) in [4.78, 5) is 18.0. The lowest BCUT2D eigenvalue weighted by molar-refractivity contribution is 0.0720. The van der Waals surface area contributed by atoms with E-state index in [1.165, 1.54) is 29.3 Å². The molecule has 1 saturated carbocycles. The molecule has 1 heterocycles. The van der Waals surface area contributed by atoms with Crippen LogP contribution in [0.2, 0.25) is 0 Å². The maximum absolute atomic E-state index is 13.8. The lowest BCUT2D eigenvalue weighted by atomic mass is 10.1. The molecule has 108 valence electrons. The van der Waals surface area contributed by atoms with Crippen LogP contribution in [-0.4, -0.2) is 21.8 Å². The highest BCUT2D eigenvalue weighted by Crippen LogP contribution is 2.30. The minimum absolute atomic E-state index is 0.0403. The first kappa shape index (κ1) is 13.7. The van der Waals surface area contributed by atoms with Gasteiger partial charge in [-0.15, -0.1) is 0 Å². The number of amides is 1. The van der Waals surface area contributed by atoms with Gasteiger partial charge in [-0.1, -0.05) is 12.1 Å². The molecule has 1 fully saturated rings. The van der Waals surface area contributed by atoms with Crippen molar-refractivity contribution in [3.05, 3.63) is 65.5 Å². The Hall–Kier alpha value is -2.30. The van der Waals surface area contributed by atoms with Crippen LogP contribution in [0.5, 0.6) is 0 Å². The second-order valence-electron chi connectivity index (χ2n) is 5.08. The normalized spacial score (nSPS) is 14.0. The molecule has 0 radical (unpaired) electrons. The van der Waals surface area contributed by atoms with E-state index >= 15 is 0 Å². The van der Waals surface area contributed by atoms with E-state index in [1.54, 1.807) is 18.2 Å². The van der Waals surface area contributed by atoms with E-state index in [-0.39, 0.29) is 24.1 Å². The van der Waals surface area contributed by atoms with Crippen LogP contribution in [0.4, 0.5) is 8.78 Å². The smallest absolute Gasteiger partial charge is 0.272 e. The lowest BCUT2D eigenvalue weighted by Gasteiger charge is -2.22. The van der Waals surface area contributed by atoms with Gasteiger partial charge in [-0.3, -0.25) is 9.78 Å². The molecule has 0 spiro atoms. The Labute approximate surface area is 121 Å². The van der Waals surface area contributed by atoms with Gasteiger partial charge in [0.1, 0.15) is 17.3 Å². The SMILES string of the molecule is O=C(c1ccccn1)N(Cc1c(F)cccc1F)C1CC1. The molecule has 1 aliphatic rings. The third-order valence-corrected chi connectivity index (χ3v) is 3.52. The van der Waals surface area contributed by atoms with Crippen molar-refractivity contribution in [2.45, 2.75) is 25.4 Å². The number of nitrogens with zero attached hydrogens (tertiary/aromatic N) is 2. The summed E-state index contributed by atoms with van der Waals surface area (Å²) in [6.07, 6.45) is 3.24. The zero-order chi connectivity index (χ0) is 14.8. The van der Waals surface area contributed by atoms with Crippen LogP contribution in [0.1, 0.15) is 28.9 Å². The van der Waals surface area contributed by atoms with Gasteiger partial charge in [0.15, 0.2) is 0 Å². The molecule has 21 heavy (non-hydrogen) atoms. The molecular weight excluding hydrogens is 274 g/mol. The molecule has 1 aromatic carbocycles. The van der Waals surface area contributed by atoms with Gasteiger partial charge in [0.05, 0.1) is 6.54 Å². The first-order chi connectivity index (χ1) is 10.2. The summed E-state index contributed by atoms with van der Waals surface area (Å²) in [5.41, 5.74) is 0.217. The number of carbonyl (C=O) groups is 1. The first-order valence-electron chi connectivity index (χ1n) is 6.81. The zero-order valence-corrected chi connectivity index (χ0v) is 11.3. The van der Waals surface area contributed by atoms with Gasteiger partial charge in [-0.25, -0.2) is 8.78 Å². The Morgan fingerprint density at radius 1 is 1.14 bits per heavy atom. The molecule has 0 bridgehead atoms. The van der Waals surface area contributed by atoms with Crippen molar-refractivity contribution in [2.75, 3.05) is 0 Å². The van der Waals surface area contributed by atoms with Crippen LogP contribution >= 0.6 is 0 Å². The fourth-order valence-electron chi connectivity index (χ4n) is 2.24. The van der Waals surface area contributed by atoms with Gasteiger partial charge in [0, 0.05) is 17.8 Å². The highest BCUT2D eigenvalue weighted by atomic mass is 19.1. The topological polar surface area (TPSA) is 33.2 Å². The van der Waals surface area contributed by atoms with E-state index in [4.69, 9.17) is 0 Å². The third-order valence-electron chi connectivity index (χ3n) is 3.52. The summed E-state index contributed by atoms with van der Waals surface area (Å²) in [5, 5.41) is 0. The minimum Gasteiger partial charge on any atom is -0.330 e. The Kier molecular flexibility index (Phi) is 3.64. The molecule has 0 unspecified atom stereocenters. The number of halogens is 2. The number of hydrogen-bond acceptors (Lipinski definition) is 2. The van der Waals surface area contributed by atoms with Gasteiger partial charge < -0.3 is 4.90 Å². The monoisotopic (exact) mass is 288 g/mol. The Balaban J connectivity index is 1.88. The average Bonchev–Trinajstić information content (AvgIpc) is 3.32. The van der Waals surface area contributed by atoms with Crippen molar-refractivity contribution in [1.82, 2.24) is 9.88 Å². The summed E-state index contributed by atoms with van der Waals surface area (Å²) in [6, 6.07) is 8.80. The van der Waals surface area contributed by atoms with Crippen LogP contribution in [0, 0.1) is 11.6 Å². The van der Waals surface area contributed by atoms with Crippen molar-refractivity contribution < 1.29 is 13.6 Å². The van der Waals surface area contributed by atoms with Crippen LogP contribution < -0.4 is 0 Å². The van der Waals surface area contributed by atoms with Crippen molar-refractivity contribution in [1.29, 1.82) is 0 Å². The van der Waals surface area contributed by atoms with E-state index in [1.807, 2.05) is 0 Å². The quantitative estimate of drug-likeness (QED) is 0.865. The van der Waals surface area contributed by atoms with Crippen LogP contribution in [-0.2, 0) is 6.54 Å². The maximum Gasteiger partial charge on any atom is 0.272 e. The van der Waals surface area contributed by atoms with Crippen molar-refractivity contribution >= 4 is 5.91 Å². The molecule has 1 aliphatic carbocycles. The predicted octanol–water partition coefficient (Wildman–Crippen LogP) is 3.16. The summed E-state index contributed by atoms with van der Waals surface area (Å²) < 4.78 is 27.5. The molecule has 2 aromatic rings. The van der Waals surface area contributed by atoms with Crippen LogP contribution in [0.3, 0.4) is 0 Å². The molecule has 0 saturated heterocycles. The van der Waals surface area contributed by atoms with Gasteiger partial charge >= 0.3 is 0 Å². The Bertz CT molecular complexity index is 636. The number of aromatic nitrogens is 1. The third kappa shape index (κ3) is 2.91. The van der Waals surface area contributed by atoms with E-state index in [0.29, 0.717) is 5.69 Å². The Morgan fingerprint density at radius 3 is 2.43 bits per heavy atom. The van der Waals surface area contributed by atoms with E-state index < -0.39 is 11.6 Å². The predicted molar refractivity (Wildman–Crippen MR) is 73.5 cm³/mol. The summed E-state index contributed by atoms with van der Waals surface area (Å²) in [7, 11) is 0. The van der Waals surface area contributed by atoms with Gasteiger partial charge in [0.25, 0.3) is 5.91 Å². The highest BCUT2D eigenvalue weighted by Gasteiger charge is 2.34. The largest absolute Gasteiger partial charge is 0.330 e. The van der Waals surface area contributed by atoms with Gasteiger partial charge in [-0.2, -0.15) is 0 Å². The number of rotatable bonds is 4. The van der Waals surface area contributed by atoms with Crippen LogP contribution in [0.15, 0.2) is 42.6 Å².